The molecule has 0 N–H and O–H groups in total. The molecule has 0 aromatic heterocycles. The molecule has 0 atom stereocenters. The van der Waals surface area contributed by atoms with Crippen LogP contribution in [-0.2, 0) is 4.74 Å². The molecule has 0 radical (unpaired) electrons. The normalized spacial score (nSPS) is 32.1. The molecule has 2 heterocycles. The summed E-state index contributed by atoms with van der Waals surface area (Å²) in [6.45, 7) is 4.59. The summed E-state index contributed by atoms with van der Waals surface area (Å²) in [6, 6.07) is 0. The van der Waals surface area contributed by atoms with Crippen molar-refractivity contribution in [3.05, 3.63) is 0 Å². The zero-order valence-corrected chi connectivity index (χ0v) is 6.60. The number of nitrogens with zero attached hydrogens (tertiary/aromatic N) is 1. The molecule has 2 aliphatic heterocycles. The highest BCUT2D eigenvalue weighted by Crippen LogP contribution is 2.37. The largest absolute Gasteiger partial charge is 0.380 e. The van der Waals surface area contributed by atoms with Gasteiger partial charge in [-0.1, -0.05) is 0 Å². The standard InChI is InChI=1S/C8H15NO/c1-9-4-2-8(3-5-9)6-10-7-8/h2-7H2,1H3. The van der Waals surface area contributed by atoms with Gasteiger partial charge in [-0.05, 0) is 33.0 Å². The van der Waals surface area contributed by atoms with Crippen LogP contribution in [0.2, 0.25) is 0 Å². The maximum absolute atomic E-state index is 5.23. The van der Waals surface area contributed by atoms with Crippen LogP contribution >= 0.6 is 0 Å². The van der Waals surface area contributed by atoms with Crippen molar-refractivity contribution in [2.24, 2.45) is 5.41 Å². The Kier molecular flexibility index (Phi) is 1.46. The SMILES string of the molecule is CN1CCC2(CC1)COC2. The van der Waals surface area contributed by atoms with Crippen molar-refractivity contribution >= 4 is 0 Å². The number of likely N-dealkylation sites (tertiary alicyclic amines) is 1. The van der Waals surface area contributed by atoms with Crippen molar-refractivity contribution in [2.45, 2.75) is 12.8 Å². The van der Waals surface area contributed by atoms with Gasteiger partial charge in [0.15, 0.2) is 0 Å². The molecule has 2 fully saturated rings. The number of hydrogen-bond acceptors (Lipinski definition) is 2. The van der Waals surface area contributed by atoms with E-state index in [2.05, 4.69) is 11.9 Å². The summed E-state index contributed by atoms with van der Waals surface area (Å²) in [5.41, 5.74) is 0.618. The first-order valence-corrected chi connectivity index (χ1v) is 4.07. The van der Waals surface area contributed by atoms with E-state index in [1.165, 1.54) is 25.9 Å². The number of piperidine rings is 1. The summed E-state index contributed by atoms with van der Waals surface area (Å²) in [4.78, 5) is 2.41. The number of rotatable bonds is 0. The van der Waals surface area contributed by atoms with Gasteiger partial charge < -0.3 is 9.64 Å². The molecule has 1 spiro atoms. The third kappa shape index (κ3) is 0.956. The minimum atomic E-state index is 0.618. The third-order valence-corrected chi connectivity index (χ3v) is 2.86. The Morgan fingerprint density at radius 2 is 1.80 bits per heavy atom. The molecule has 0 saturated carbocycles. The van der Waals surface area contributed by atoms with Gasteiger partial charge in [-0.3, -0.25) is 0 Å². The van der Waals surface area contributed by atoms with E-state index in [1.54, 1.807) is 0 Å². The van der Waals surface area contributed by atoms with Gasteiger partial charge in [-0.25, -0.2) is 0 Å². The maximum atomic E-state index is 5.23. The van der Waals surface area contributed by atoms with Crippen LogP contribution in [0, 0.1) is 5.41 Å². The number of hydrogen-bond donors (Lipinski definition) is 0. The van der Waals surface area contributed by atoms with Crippen LogP contribution in [0.25, 0.3) is 0 Å². The molecule has 2 heteroatoms. The molecule has 58 valence electrons. The van der Waals surface area contributed by atoms with Crippen LogP contribution in [0.5, 0.6) is 0 Å². The van der Waals surface area contributed by atoms with E-state index >= 15 is 0 Å². The summed E-state index contributed by atoms with van der Waals surface area (Å²) in [7, 11) is 2.20. The molecule has 0 aliphatic carbocycles. The molecular weight excluding hydrogens is 126 g/mol. The van der Waals surface area contributed by atoms with E-state index < -0.39 is 0 Å². The van der Waals surface area contributed by atoms with Crippen molar-refractivity contribution in [1.29, 1.82) is 0 Å². The lowest BCUT2D eigenvalue weighted by atomic mass is 9.77. The van der Waals surface area contributed by atoms with Gasteiger partial charge in [0.2, 0.25) is 0 Å². The highest BCUT2D eigenvalue weighted by molar-refractivity contribution is 4.89. The highest BCUT2D eigenvalue weighted by atomic mass is 16.5. The summed E-state index contributed by atoms with van der Waals surface area (Å²) in [5, 5.41) is 0. The second kappa shape index (κ2) is 2.21. The molecule has 2 rings (SSSR count). The van der Waals surface area contributed by atoms with Gasteiger partial charge in [-0.15, -0.1) is 0 Å². The lowest BCUT2D eigenvalue weighted by molar-refractivity contribution is -0.137. The molecular formula is C8H15NO. The lowest BCUT2D eigenvalue weighted by Crippen LogP contribution is -2.49. The fraction of sp³-hybridized carbons (Fsp3) is 1.00. The van der Waals surface area contributed by atoms with Crippen molar-refractivity contribution in [2.75, 3.05) is 33.4 Å². The first-order valence-electron chi connectivity index (χ1n) is 4.07. The summed E-state index contributed by atoms with van der Waals surface area (Å²) >= 11 is 0. The second-order valence-electron chi connectivity index (χ2n) is 3.80. The maximum Gasteiger partial charge on any atom is 0.0545 e. The van der Waals surface area contributed by atoms with Gasteiger partial charge in [-0.2, -0.15) is 0 Å². The van der Waals surface area contributed by atoms with E-state index in [0.717, 1.165) is 13.2 Å². The molecule has 2 saturated heterocycles. The van der Waals surface area contributed by atoms with E-state index in [1.807, 2.05) is 0 Å². The highest BCUT2D eigenvalue weighted by Gasteiger charge is 2.40. The van der Waals surface area contributed by atoms with Crippen LogP contribution < -0.4 is 0 Å². The van der Waals surface area contributed by atoms with Gasteiger partial charge in [0.1, 0.15) is 0 Å². The van der Waals surface area contributed by atoms with Crippen LogP contribution in [0.3, 0.4) is 0 Å². The zero-order valence-electron chi connectivity index (χ0n) is 6.60. The van der Waals surface area contributed by atoms with Gasteiger partial charge >= 0.3 is 0 Å². The second-order valence-corrected chi connectivity index (χ2v) is 3.80. The first kappa shape index (κ1) is 6.62. The average molecular weight is 141 g/mol. The molecule has 0 aromatic rings. The van der Waals surface area contributed by atoms with Crippen LogP contribution in [0.15, 0.2) is 0 Å². The van der Waals surface area contributed by atoms with E-state index in [0.29, 0.717) is 5.41 Å². The molecule has 0 unspecified atom stereocenters. The molecule has 0 amide bonds. The van der Waals surface area contributed by atoms with Gasteiger partial charge in [0.25, 0.3) is 0 Å². The molecule has 0 aromatic carbocycles. The monoisotopic (exact) mass is 141 g/mol. The van der Waals surface area contributed by atoms with Crippen LogP contribution in [0.1, 0.15) is 12.8 Å². The summed E-state index contributed by atoms with van der Waals surface area (Å²) < 4.78 is 5.23. The Morgan fingerprint density at radius 1 is 1.20 bits per heavy atom. The first-order chi connectivity index (χ1) is 4.81. The molecule has 10 heavy (non-hydrogen) atoms. The Bertz CT molecular complexity index is 121. The quantitative estimate of drug-likeness (QED) is 0.493. The van der Waals surface area contributed by atoms with Crippen LogP contribution in [0.4, 0.5) is 0 Å². The predicted molar refractivity (Wildman–Crippen MR) is 40.0 cm³/mol. The summed E-state index contributed by atoms with van der Waals surface area (Å²) in [5.74, 6) is 0. The van der Waals surface area contributed by atoms with Crippen molar-refractivity contribution in [3.8, 4) is 0 Å². The topological polar surface area (TPSA) is 12.5 Å². The number of ether oxygens (including phenoxy) is 1. The predicted octanol–water partition coefficient (Wildman–Crippen LogP) is 0.729. The Labute approximate surface area is 62.2 Å². The smallest absolute Gasteiger partial charge is 0.0545 e. The van der Waals surface area contributed by atoms with E-state index in [-0.39, 0.29) is 0 Å². The third-order valence-electron chi connectivity index (χ3n) is 2.86. The average Bonchev–Trinajstić information content (AvgIpc) is 1.86. The minimum absolute atomic E-state index is 0.618. The lowest BCUT2D eigenvalue weighted by Gasteiger charge is -2.46. The van der Waals surface area contributed by atoms with Crippen molar-refractivity contribution < 1.29 is 4.74 Å². The van der Waals surface area contributed by atoms with Crippen molar-refractivity contribution in [3.63, 3.8) is 0 Å². The Balaban J connectivity index is 1.90. The van der Waals surface area contributed by atoms with E-state index in [4.69, 9.17) is 4.74 Å². The van der Waals surface area contributed by atoms with Crippen molar-refractivity contribution in [1.82, 2.24) is 4.90 Å². The fourth-order valence-electron chi connectivity index (χ4n) is 1.77. The Morgan fingerprint density at radius 3 is 2.20 bits per heavy atom. The van der Waals surface area contributed by atoms with Gasteiger partial charge in [0, 0.05) is 5.41 Å². The molecule has 2 nitrogen and oxygen atoms in total. The zero-order chi connectivity index (χ0) is 7.03. The van der Waals surface area contributed by atoms with Gasteiger partial charge in [0.05, 0.1) is 13.2 Å². The fourth-order valence-corrected chi connectivity index (χ4v) is 1.77. The molecule has 0 bridgehead atoms. The minimum Gasteiger partial charge on any atom is -0.380 e. The Hall–Kier alpha value is -0.0800. The molecule has 2 aliphatic rings. The van der Waals surface area contributed by atoms with Crippen LogP contribution in [-0.4, -0.2) is 38.3 Å². The van der Waals surface area contributed by atoms with E-state index in [9.17, 15) is 0 Å². The summed E-state index contributed by atoms with van der Waals surface area (Å²) in [6.07, 6.45) is 2.70.